The van der Waals surface area contributed by atoms with Crippen molar-refractivity contribution >= 4 is 57.1 Å². The van der Waals surface area contributed by atoms with Crippen molar-refractivity contribution in [2.45, 2.75) is 33.4 Å². The van der Waals surface area contributed by atoms with Gasteiger partial charge >= 0.3 is 6.03 Å². The molecule has 3 amide bonds. The highest BCUT2D eigenvalue weighted by Gasteiger charge is 2.18. The maximum atomic E-state index is 12.8. The van der Waals surface area contributed by atoms with Crippen molar-refractivity contribution in [3.8, 4) is 0 Å². The molecule has 4 heterocycles. The van der Waals surface area contributed by atoms with Gasteiger partial charge < -0.3 is 10.2 Å². The highest BCUT2D eigenvalue weighted by molar-refractivity contribution is 7.16. The number of hydrogen-bond acceptors (Lipinski definition) is 8. The van der Waals surface area contributed by atoms with Crippen LogP contribution in [-0.2, 0) is 24.3 Å². The number of thiazole rings is 1. The Bertz CT molecular complexity index is 1310. The number of amides is 3. The van der Waals surface area contributed by atoms with Gasteiger partial charge in [-0.05, 0) is 26.0 Å². The summed E-state index contributed by atoms with van der Waals surface area (Å²) in [5.41, 5.74) is 3.11. The van der Waals surface area contributed by atoms with Gasteiger partial charge in [0.05, 0.1) is 29.5 Å². The van der Waals surface area contributed by atoms with Crippen LogP contribution in [0.5, 0.6) is 0 Å². The van der Waals surface area contributed by atoms with Gasteiger partial charge in [0.15, 0.2) is 5.13 Å². The zero-order valence-electron chi connectivity index (χ0n) is 18.1. The average molecular weight is 505 g/mol. The summed E-state index contributed by atoms with van der Waals surface area (Å²) in [4.78, 5) is 40.4. The van der Waals surface area contributed by atoms with Crippen LogP contribution in [0.2, 0.25) is 4.34 Å². The van der Waals surface area contributed by atoms with E-state index in [0.29, 0.717) is 34.0 Å². The number of nitrogens with one attached hydrogen (secondary N) is 2. The predicted octanol–water partition coefficient (Wildman–Crippen LogP) is 3.44. The quantitative estimate of drug-likeness (QED) is 0.398. The van der Waals surface area contributed by atoms with Crippen LogP contribution in [0, 0.1) is 13.8 Å². The second-order valence-electron chi connectivity index (χ2n) is 7.32. The van der Waals surface area contributed by atoms with E-state index in [1.54, 1.807) is 22.5 Å². The molecule has 4 aromatic heterocycles. The zero-order valence-corrected chi connectivity index (χ0v) is 20.5. The lowest BCUT2D eigenvalue weighted by Crippen LogP contribution is -2.29. The van der Waals surface area contributed by atoms with Crippen molar-refractivity contribution in [2.75, 3.05) is 12.4 Å². The Morgan fingerprint density at radius 3 is 2.82 bits per heavy atom. The summed E-state index contributed by atoms with van der Waals surface area (Å²) >= 11 is 8.61. The van der Waals surface area contributed by atoms with Crippen LogP contribution in [0.1, 0.15) is 27.5 Å². The Labute approximate surface area is 202 Å². The fourth-order valence-electron chi connectivity index (χ4n) is 3.22. The molecule has 4 aromatic rings. The summed E-state index contributed by atoms with van der Waals surface area (Å²) in [6, 6.07) is 3.30. The first-order valence-corrected chi connectivity index (χ1v) is 12.0. The number of carbonyl (C=O) groups excluding carboxylic acids is 2. The molecule has 0 aliphatic heterocycles. The molecular weight excluding hydrogens is 484 g/mol. The maximum absolute atomic E-state index is 12.8. The van der Waals surface area contributed by atoms with Gasteiger partial charge in [-0.3, -0.25) is 10.1 Å². The molecule has 13 heteroatoms. The van der Waals surface area contributed by atoms with Crippen molar-refractivity contribution in [1.82, 2.24) is 34.8 Å². The minimum absolute atomic E-state index is 0.0719. The van der Waals surface area contributed by atoms with Crippen molar-refractivity contribution < 1.29 is 9.59 Å². The van der Waals surface area contributed by atoms with E-state index in [2.05, 4.69) is 30.7 Å². The molecule has 0 saturated heterocycles. The van der Waals surface area contributed by atoms with E-state index in [9.17, 15) is 9.59 Å². The Hall–Kier alpha value is -3.09. The summed E-state index contributed by atoms with van der Waals surface area (Å²) in [5.74, 6) is 0.442. The first kappa shape index (κ1) is 23.1. The van der Waals surface area contributed by atoms with E-state index >= 15 is 0 Å². The van der Waals surface area contributed by atoms with Crippen LogP contribution in [0.25, 0.3) is 5.78 Å². The fourth-order valence-corrected chi connectivity index (χ4v) is 4.94. The molecule has 0 saturated carbocycles. The molecule has 0 bridgehead atoms. The lowest BCUT2D eigenvalue weighted by Gasteiger charge is -2.17. The van der Waals surface area contributed by atoms with Gasteiger partial charge in [-0.25, -0.2) is 19.3 Å². The largest absolute Gasteiger partial charge is 0.340 e. The number of carbonyl (C=O) groups is 2. The lowest BCUT2D eigenvalue weighted by molar-refractivity contribution is -0.129. The number of nitrogens with zero attached hydrogens (tertiary/aromatic N) is 6. The normalized spacial score (nSPS) is 11.0. The third kappa shape index (κ3) is 5.46. The Kier molecular flexibility index (Phi) is 6.86. The molecule has 0 aliphatic carbocycles. The first-order chi connectivity index (χ1) is 15.8. The SMILES string of the molecule is Cc1nc2ncnn2c(C)c1CC(=O)N(C)Cc1csc(NC(=O)NCc2ccc(Cl)s2)n1. The van der Waals surface area contributed by atoms with Crippen molar-refractivity contribution in [1.29, 1.82) is 0 Å². The first-order valence-electron chi connectivity index (χ1n) is 9.93. The standard InChI is InChI=1S/C20H21ClN8O2S2/c1-11-15(12(2)29-18(25-11)23-10-24-29)6-17(30)28(3)8-13-9-32-20(26-13)27-19(31)22-7-14-4-5-16(21)33-14/h4-5,9-10H,6-8H2,1-3H3,(H2,22,26,27,31). The molecule has 0 fully saturated rings. The van der Waals surface area contributed by atoms with E-state index in [-0.39, 0.29) is 18.4 Å². The van der Waals surface area contributed by atoms with E-state index < -0.39 is 0 Å². The molecule has 0 aromatic carbocycles. The van der Waals surface area contributed by atoms with E-state index in [1.807, 2.05) is 25.3 Å². The number of fused-ring (bicyclic) bond motifs is 1. The van der Waals surface area contributed by atoms with Crippen molar-refractivity contribution in [2.24, 2.45) is 0 Å². The minimum Gasteiger partial charge on any atom is -0.340 e. The summed E-state index contributed by atoms with van der Waals surface area (Å²) in [6.45, 7) is 4.46. The fraction of sp³-hybridized carbons (Fsp3) is 0.300. The number of halogens is 1. The number of anilines is 1. The van der Waals surface area contributed by atoms with Gasteiger partial charge in [0, 0.05) is 34.3 Å². The topological polar surface area (TPSA) is 117 Å². The minimum atomic E-state index is -0.355. The van der Waals surface area contributed by atoms with Crippen LogP contribution in [0.3, 0.4) is 0 Å². The highest BCUT2D eigenvalue weighted by atomic mass is 35.5. The van der Waals surface area contributed by atoms with Crippen molar-refractivity contribution in [3.63, 3.8) is 0 Å². The molecular formula is C20H21ClN8O2S2. The number of aromatic nitrogens is 5. The average Bonchev–Trinajstić information content (AvgIpc) is 3.51. The number of likely N-dealkylation sites (N-methyl/N-ethyl adjacent to an activating group) is 1. The zero-order chi connectivity index (χ0) is 23.5. The second kappa shape index (κ2) is 9.81. The predicted molar refractivity (Wildman–Crippen MR) is 128 cm³/mol. The molecule has 2 N–H and O–H groups in total. The lowest BCUT2D eigenvalue weighted by atomic mass is 10.1. The smallest absolute Gasteiger partial charge is 0.321 e. The monoisotopic (exact) mass is 504 g/mol. The molecule has 0 unspecified atom stereocenters. The summed E-state index contributed by atoms with van der Waals surface area (Å²) in [6.07, 6.45) is 1.64. The maximum Gasteiger partial charge on any atom is 0.321 e. The van der Waals surface area contributed by atoms with Gasteiger partial charge in [-0.2, -0.15) is 10.1 Å². The van der Waals surface area contributed by atoms with Gasteiger partial charge in [-0.15, -0.1) is 22.7 Å². The number of urea groups is 1. The van der Waals surface area contributed by atoms with Crippen molar-refractivity contribution in [3.05, 3.63) is 55.7 Å². The van der Waals surface area contributed by atoms with Crippen LogP contribution in [0.15, 0.2) is 23.8 Å². The van der Waals surface area contributed by atoms with Crippen LogP contribution < -0.4 is 10.6 Å². The summed E-state index contributed by atoms with van der Waals surface area (Å²) < 4.78 is 2.31. The third-order valence-electron chi connectivity index (χ3n) is 4.97. The molecule has 10 nitrogen and oxygen atoms in total. The summed E-state index contributed by atoms with van der Waals surface area (Å²) in [7, 11) is 1.72. The van der Waals surface area contributed by atoms with Crippen LogP contribution in [0.4, 0.5) is 9.93 Å². The Morgan fingerprint density at radius 1 is 1.24 bits per heavy atom. The molecule has 172 valence electrons. The van der Waals surface area contributed by atoms with Gasteiger partial charge in [0.25, 0.3) is 5.78 Å². The molecule has 0 atom stereocenters. The second-order valence-corrected chi connectivity index (χ2v) is 9.97. The van der Waals surface area contributed by atoms with Crippen LogP contribution >= 0.6 is 34.3 Å². The Balaban J connectivity index is 1.32. The molecule has 33 heavy (non-hydrogen) atoms. The molecule has 4 rings (SSSR count). The highest BCUT2D eigenvalue weighted by Crippen LogP contribution is 2.21. The molecule has 0 spiro atoms. The van der Waals surface area contributed by atoms with E-state index in [0.717, 1.165) is 21.8 Å². The van der Waals surface area contributed by atoms with Gasteiger partial charge in [0.1, 0.15) is 6.33 Å². The number of thiophene rings is 1. The molecule has 0 aliphatic rings. The summed E-state index contributed by atoms with van der Waals surface area (Å²) in [5, 5.41) is 11.9. The van der Waals surface area contributed by atoms with Crippen LogP contribution in [-0.4, -0.2) is 48.5 Å². The number of hydrogen-bond donors (Lipinski definition) is 2. The number of aryl methyl sites for hydroxylation is 2. The van der Waals surface area contributed by atoms with E-state index in [1.165, 1.54) is 29.0 Å². The number of rotatable bonds is 7. The van der Waals surface area contributed by atoms with Gasteiger partial charge in [-0.1, -0.05) is 11.6 Å². The van der Waals surface area contributed by atoms with E-state index in [4.69, 9.17) is 11.6 Å². The Morgan fingerprint density at radius 2 is 2.06 bits per heavy atom. The molecule has 0 radical (unpaired) electrons. The third-order valence-corrected chi connectivity index (χ3v) is 7.00. The van der Waals surface area contributed by atoms with Gasteiger partial charge in [0.2, 0.25) is 5.91 Å².